The molecule has 0 aromatic carbocycles. The lowest BCUT2D eigenvalue weighted by atomic mass is 9.67. The molecule has 0 saturated heterocycles. The van der Waals surface area contributed by atoms with E-state index in [0.717, 1.165) is 31.3 Å². The Balaban J connectivity index is 1.73. The van der Waals surface area contributed by atoms with E-state index in [9.17, 15) is 0 Å². The molecular weight excluding hydrogens is 276 g/mol. The van der Waals surface area contributed by atoms with Crippen molar-refractivity contribution >= 4 is 5.96 Å². The molecule has 0 amide bonds. The van der Waals surface area contributed by atoms with Gasteiger partial charge in [-0.15, -0.1) is 0 Å². The molecule has 2 rings (SSSR count). The fourth-order valence-electron chi connectivity index (χ4n) is 2.66. The van der Waals surface area contributed by atoms with Gasteiger partial charge in [0.05, 0.1) is 12.7 Å². The van der Waals surface area contributed by atoms with Gasteiger partial charge in [-0.3, -0.25) is 9.98 Å². The predicted octanol–water partition coefficient (Wildman–Crippen LogP) is 2.60. The van der Waals surface area contributed by atoms with Crippen LogP contribution in [0.3, 0.4) is 0 Å². The molecule has 0 radical (unpaired) electrons. The Morgan fingerprint density at radius 1 is 1.36 bits per heavy atom. The Morgan fingerprint density at radius 3 is 2.82 bits per heavy atom. The second-order valence-corrected chi connectivity index (χ2v) is 5.87. The van der Waals surface area contributed by atoms with E-state index in [-0.39, 0.29) is 0 Å². The van der Waals surface area contributed by atoms with E-state index in [0.29, 0.717) is 12.0 Å². The van der Waals surface area contributed by atoms with E-state index < -0.39 is 0 Å². The van der Waals surface area contributed by atoms with Crippen LogP contribution in [0.25, 0.3) is 0 Å². The van der Waals surface area contributed by atoms with Crippen molar-refractivity contribution in [1.82, 2.24) is 15.6 Å². The van der Waals surface area contributed by atoms with E-state index in [1.54, 1.807) is 12.4 Å². The summed E-state index contributed by atoms with van der Waals surface area (Å²) in [5.41, 5.74) is 0.453. The van der Waals surface area contributed by atoms with Gasteiger partial charge in [0.2, 0.25) is 0 Å². The molecule has 1 saturated carbocycles. The van der Waals surface area contributed by atoms with Gasteiger partial charge in [0.25, 0.3) is 0 Å². The van der Waals surface area contributed by atoms with E-state index in [4.69, 9.17) is 9.73 Å². The fourth-order valence-corrected chi connectivity index (χ4v) is 2.66. The molecule has 1 aromatic rings. The Hall–Kier alpha value is -1.78. The van der Waals surface area contributed by atoms with Gasteiger partial charge in [-0.2, -0.15) is 0 Å². The molecule has 1 aliphatic carbocycles. The quantitative estimate of drug-likeness (QED) is 0.440. The second-order valence-electron chi connectivity index (χ2n) is 5.87. The summed E-state index contributed by atoms with van der Waals surface area (Å²) in [6, 6.07) is 3.78. The third-order valence-corrected chi connectivity index (χ3v) is 4.38. The summed E-state index contributed by atoms with van der Waals surface area (Å²) in [7, 11) is 0. The van der Waals surface area contributed by atoms with Crippen molar-refractivity contribution in [2.75, 3.05) is 26.2 Å². The Labute approximate surface area is 133 Å². The molecule has 0 unspecified atom stereocenters. The molecule has 5 nitrogen and oxygen atoms in total. The molecule has 22 heavy (non-hydrogen) atoms. The molecular formula is C17H28N4O. The average molecular weight is 304 g/mol. The summed E-state index contributed by atoms with van der Waals surface area (Å²) < 4.78 is 5.63. The number of pyridine rings is 1. The van der Waals surface area contributed by atoms with Crippen LogP contribution in [0.4, 0.5) is 0 Å². The highest BCUT2D eigenvalue weighted by Gasteiger charge is 2.34. The maximum Gasteiger partial charge on any atom is 0.191 e. The van der Waals surface area contributed by atoms with Crippen molar-refractivity contribution in [3.63, 3.8) is 0 Å². The highest BCUT2D eigenvalue weighted by molar-refractivity contribution is 5.79. The lowest BCUT2D eigenvalue weighted by molar-refractivity contribution is 0.139. The lowest BCUT2D eigenvalue weighted by Crippen LogP contribution is -2.41. The minimum Gasteiger partial charge on any atom is -0.490 e. The second kappa shape index (κ2) is 8.61. The number of rotatable bonds is 8. The van der Waals surface area contributed by atoms with Crippen LogP contribution in [0.15, 0.2) is 29.5 Å². The number of aliphatic imine (C=N–C) groups is 1. The van der Waals surface area contributed by atoms with Crippen molar-refractivity contribution < 1.29 is 4.74 Å². The van der Waals surface area contributed by atoms with E-state index in [1.165, 1.54) is 25.7 Å². The van der Waals surface area contributed by atoms with Crippen LogP contribution in [-0.2, 0) is 0 Å². The largest absolute Gasteiger partial charge is 0.490 e. The first-order valence-electron chi connectivity index (χ1n) is 8.33. The Bertz CT molecular complexity index is 451. The highest BCUT2D eigenvalue weighted by atomic mass is 16.5. The molecule has 2 N–H and O–H groups in total. The molecule has 1 fully saturated rings. The van der Waals surface area contributed by atoms with Crippen LogP contribution in [0.2, 0.25) is 0 Å². The van der Waals surface area contributed by atoms with Gasteiger partial charge in [0, 0.05) is 19.3 Å². The van der Waals surface area contributed by atoms with Gasteiger partial charge in [-0.05, 0) is 43.7 Å². The number of guanidine groups is 1. The van der Waals surface area contributed by atoms with E-state index >= 15 is 0 Å². The summed E-state index contributed by atoms with van der Waals surface area (Å²) in [4.78, 5) is 8.78. The first kappa shape index (κ1) is 16.6. The smallest absolute Gasteiger partial charge is 0.191 e. The third kappa shape index (κ3) is 4.90. The zero-order chi connectivity index (χ0) is 15.7. The predicted molar refractivity (Wildman–Crippen MR) is 90.3 cm³/mol. The standard InChI is InChI=1S/C17H28N4O/c1-3-17(8-6-9-17)14-21-16(19-4-2)20-11-12-22-15-7-5-10-18-13-15/h5,7,10,13H,3-4,6,8-9,11-12,14H2,1-2H3,(H2,19,20,21). The van der Waals surface area contributed by atoms with Crippen molar-refractivity contribution in [3.8, 4) is 5.75 Å². The van der Waals surface area contributed by atoms with Gasteiger partial charge in [0.1, 0.15) is 12.4 Å². The van der Waals surface area contributed by atoms with Crippen LogP contribution in [0, 0.1) is 5.41 Å². The van der Waals surface area contributed by atoms with Crippen LogP contribution >= 0.6 is 0 Å². The zero-order valence-electron chi connectivity index (χ0n) is 13.8. The first-order valence-corrected chi connectivity index (χ1v) is 8.33. The van der Waals surface area contributed by atoms with Gasteiger partial charge in [-0.25, -0.2) is 0 Å². The van der Waals surface area contributed by atoms with Gasteiger partial charge >= 0.3 is 0 Å². The van der Waals surface area contributed by atoms with Crippen LogP contribution in [0.1, 0.15) is 39.5 Å². The van der Waals surface area contributed by atoms with Crippen LogP contribution < -0.4 is 15.4 Å². The number of nitrogens with zero attached hydrogens (tertiary/aromatic N) is 2. The van der Waals surface area contributed by atoms with E-state index in [2.05, 4.69) is 29.5 Å². The monoisotopic (exact) mass is 304 g/mol. The van der Waals surface area contributed by atoms with Crippen LogP contribution in [0.5, 0.6) is 5.75 Å². The van der Waals surface area contributed by atoms with Crippen molar-refractivity contribution in [1.29, 1.82) is 0 Å². The molecule has 1 heterocycles. The molecule has 1 aliphatic rings. The maximum atomic E-state index is 5.63. The minimum absolute atomic E-state index is 0.453. The average Bonchev–Trinajstić information content (AvgIpc) is 2.51. The minimum atomic E-state index is 0.453. The number of ether oxygens (including phenoxy) is 1. The Kier molecular flexibility index (Phi) is 6.49. The van der Waals surface area contributed by atoms with Crippen LogP contribution in [-0.4, -0.2) is 37.2 Å². The zero-order valence-corrected chi connectivity index (χ0v) is 13.8. The summed E-state index contributed by atoms with van der Waals surface area (Å²) in [6.07, 6.45) is 8.67. The summed E-state index contributed by atoms with van der Waals surface area (Å²) in [5, 5.41) is 6.63. The van der Waals surface area contributed by atoms with Crippen molar-refractivity contribution in [2.24, 2.45) is 10.4 Å². The maximum absolute atomic E-state index is 5.63. The topological polar surface area (TPSA) is 58.5 Å². The molecule has 0 aliphatic heterocycles. The molecule has 122 valence electrons. The third-order valence-electron chi connectivity index (χ3n) is 4.38. The molecule has 0 bridgehead atoms. The summed E-state index contributed by atoms with van der Waals surface area (Å²) in [5.74, 6) is 1.68. The molecule has 0 spiro atoms. The number of hydrogen-bond acceptors (Lipinski definition) is 3. The summed E-state index contributed by atoms with van der Waals surface area (Å²) >= 11 is 0. The highest BCUT2D eigenvalue weighted by Crippen LogP contribution is 2.43. The summed E-state index contributed by atoms with van der Waals surface area (Å²) in [6.45, 7) is 7.46. The van der Waals surface area contributed by atoms with Gasteiger partial charge in [-0.1, -0.05) is 13.3 Å². The van der Waals surface area contributed by atoms with Crippen molar-refractivity contribution in [2.45, 2.75) is 39.5 Å². The number of nitrogens with one attached hydrogen (secondary N) is 2. The van der Waals surface area contributed by atoms with Gasteiger partial charge in [0.15, 0.2) is 5.96 Å². The molecule has 0 atom stereocenters. The van der Waals surface area contributed by atoms with E-state index in [1.807, 2.05) is 12.1 Å². The lowest BCUT2D eigenvalue weighted by Gasteiger charge is -2.40. The first-order chi connectivity index (χ1) is 10.8. The van der Waals surface area contributed by atoms with Gasteiger partial charge < -0.3 is 15.4 Å². The fraction of sp³-hybridized carbons (Fsp3) is 0.647. The SMILES string of the molecule is CCNC(=NCC1(CC)CCC1)NCCOc1cccnc1. The molecule has 5 heteroatoms. The Morgan fingerprint density at radius 2 is 2.23 bits per heavy atom. The number of aromatic nitrogens is 1. The number of hydrogen-bond donors (Lipinski definition) is 2. The normalized spacial score (nSPS) is 16.7. The van der Waals surface area contributed by atoms with Crippen molar-refractivity contribution in [3.05, 3.63) is 24.5 Å². The molecule has 1 aromatic heterocycles.